The summed E-state index contributed by atoms with van der Waals surface area (Å²) in [5.74, 6) is -0.279. The van der Waals surface area contributed by atoms with Gasteiger partial charge < -0.3 is 19.8 Å². The SMILES string of the molecule is CN(C)C(=O)N1C[C@H]2CN(C(=O)c3cccc(O)c3)C[C@H]2[C@@H]1c1cccc(F)c1. The lowest BCUT2D eigenvalue weighted by molar-refractivity contribution is 0.0766. The molecule has 29 heavy (non-hydrogen) atoms. The third kappa shape index (κ3) is 3.52. The molecule has 0 radical (unpaired) electrons. The first-order chi connectivity index (χ1) is 13.8. The van der Waals surface area contributed by atoms with Crippen LogP contribution < -0.4 is 0 Å². The predicted molar refractivity (Wildman–Crippen MR) is 106 cm³/mol. The number of aromatic hydroxyl groups is 1. The van der Waals surface area contributed by atoms with E-state index in [1.165, 1.54) is 29.2 Å². The molecule has 0 spiro atoms. The van der Waals surface area contributed by atoms with Crippen molar-refractivity contribution in [3.63, 3.8) is 0 Å². The van der Waals surface area contributed by atoms with E-state index in [0.717, 1.165) is 5.56 Å². The summed E-state index contributed by atoms with van der Waals surface area (Å²) in [5, 5.41) is 9.68. The second kappa shape index (κ2) is 7.39. The van der Waals surface area contributed by atoms with E-state index in [9.17, 15) is 19.1 Å². The van der Waals surface area contributed by atoms with Gasteiger partial charge in [0.2, 0.25) is 0 Å². The fourth-order valence-corrected chi connectivity index (χ4v) is 4.60. The number of benzene rings is 2. The summed E-state index contributed by atoms with van der Waals surface area (Å²) in [6.07, 6.45) is 0. The van der Waals surface area contributed by atoms with Gasteiger partial charge in [0.05, 0.1) is 6.04 Å². The number of phenolic OH excluding ortho intramolecular Hbond substituents is 1. The molecule has 2 saturated heterocycles. The molecule has 0 aliphatic carbocycles. The molecule has 2 aromatic carbocycles. The molecule has 2 aliphatic rings. The quantitative estimate of drug-likeness (QED) is 0.848. The largest absolute Gasteiger partial charge is 0.508 e. The van der Waals surface area contributed by atoms with Crippen molar-refractivity contribution in [2.45, 2.75) is 6.04 Å². The first-order valence-electron chi connectivity index (χ1n) is 9.67. The summed E-state index contributed by atoms with van der Waals surface area (Å²) >= 11 is 0. The van der Waals surface area contributed by atoms with Crippen LogP contribution in [0.4, 0.5) is 9.18 Å². The van der Waals surface area contributed by atoms with Crippen LogP contribution in [-0.2, 0) is 0 Å². The first kappa shape index (κ1) is 19.2. The zero-order chi connectivity index (χ0) is 20.7. The molecule has 0 aromatic heterocycles. The lowest BCUT2D eigenvalue weighted by Crippen LogP contribution is -2.42. The van der Waals surface area contributed by atoms with Gasteiger partial charge in [-0.05, 0) is 35.9 Å². The third-order valence-electron chi connectivity index (χ3n) is 5.86. The van der Waals surface area contributed by atoms with Gasteiger partial charge in [-0.25, -0.2) is 9.18 Å². The van der Waals surface area contributed by atoms with E-state index in [-0.39, 0.29) is 41.4 Å². The highest BCUT2D eigenvalue weighted by Crippen LogP contribution is 2.45. The molecule has 2 aliphatic heterocycles. The van der Waals surface area contributed by atoms with Crippen LogP contribution in [0.5, 0.6) is 5.75 Å². The molecular formula is C22H24FN3O3. The molecule has 152 valence electrons. The van der Waals surface area contributed by atoms with Crippen molar-refractivity contribution in [3.05, 3.63) is 65.5 Å². The van der Waals surface area contributed by atoms with Gasteiger partial charge in [-0.1, -0.05) is 18.2 Å². The van der Waals surface area contributed by atoms with Crippen LogP contribution in [-0.4, -0.2) is 65.5 Å². The number of carbonyl (C=O) groups is 2. The first-order valence-corrected chi connectivity index (χ1v) is 9.67. The van der Waals surface area contributed by atoms with Crippen LogP contribution in [0.15, 0.2) is 48.5 Å². The van der Waals surface area contributed by atoms with E-state index in [1.807, 2.05) is 6.07 Å². The van der Waals surface area contributed by atoms with Gasteiger partial charge >= 0.3 is 6.03 Å². The van der Waals surface area contributed by atoms with E-state index < -0.39 is 0 Å². The van der Waals surface area contributed by atoms with Crippen molar-refractivity contribution >= 4 is 11.9 Å². The fraction of sp³-hybridized carbons (Fsp3) is 0.364. The standard InChI is InChI=1S/C22H24FN3O3/c1-24(2)22(29)26-12-16-11-25(21(28)15-6-4-8-18(27)10-15)13-19(16)20(26)14-5-3-7-17(23)9-14/h3-10,16,19-20,27H,11-13H2,1-2H3/t16-,19-,20+/m1/s1. The highest BCUT2D eigenvalue weighted by Gasteiger charge is 2.50. The molecule has 2 heterocycles. The van der Waals surface area contributed by atoms with Gasteiger partial charge in [-0.3, -0.25) is 4.79 Å². The Morgan fingerprint density at radius 2 is 1.83 bits per heavy atom. The van der Waals surface area contributed by atoms with Gasteiger partial charge in [0.1, 0.15) is 11.6 Å². The number of hydrogen-bond donors (Lipinski definition) is 1. The number of rotatable bonds is 2. The van der Waals surface area contributed by atoms with Crippen molar-refractivity contribution in [1.82, 2.24) is 14.7 Å². The molecule has 7 heteroatoms. The van der Waals surface area contributed by atoms with E-state index >= 15 is 0 Å². The van der Waals surface area contributed by atoms with Crippen molar-refractivity contribution in [3.8, 4) is 5.75 Å². The van der Waals surface area contributed by atoms with Crippen LogP contribution in [0.3, 0.4) is 0 Å². The Hall–Kier alpha value is -3.09. The molecule has 1 N–H and O–H groups in total. The second-order valence-corrected chi connectivity index (χ2v) is 8.01. The van der Waals surface area contributed by atoms with Crippen molar-refractivity contribution < 1.29 is 19.1 Å². The van der Waals surface area contributed by atoms with Gasteiger partial charge in [-0.2, -0.15) is 0 Å². The molecule has 2 fully saturated rings. The second-order valence-electron chi connectivity index (χ2n) is 8.01. The van der Waals surface area contributed by atoms with Crippen LogP contribution in [0.1, 0.15) is 22.0 Å². The van der Waals surface area contributed by atoms with Gasteiger partial charge in [-0.15, -0.1) is 0 Å². The Morgan fingerprint density at radius 3 is 2.52 bits per heavy atom. The summed E-state index contributed by atoms with van der Waals surface area (Å²) in [5.41, 5.74) is 1.19. The zero-order valence-corrected chi connectivity index (χ0v) is 16.5. The minimum Gasteiger partial charge on any atom is -0.508 e. The summed E-state index contributed by atoms with van der Waals surface area (Å²) < 4.78 is 13.9. The third-order valence-corrected chi connectivity index (χ3v) is 5.86. The Bertz CT molecular complexity index is 948. The van der Waals surface area contributed by atoms with E-state index in [2.05, 4.69) is 0 Å². The summed E-state index contributed by atoms with van der Waals surface area (Å²) in [7, 11) is 3.41. The van der Waals surface area contributed by atoms with Crippen molar-refractivity contribution in [2.75, 3.05) is 33.7 Å². The Balaban J connectivity index is 1.62. The highest BCUT2D eigenvalue weighted by molar-refractivity contribution is 5.94. The van der Waals surface area contributed by atoms with E-state index in [4.69, 9.17) is 0 Å². The van der Waals surface area contributed by atoms with Crippen LogP contribution in [0.25, 0.3) is 0 Å². The van der Waals surface area contributed by atoms with Crippen molar-refractivity contribution in [2.24, 2.45) is 11.8 Å². The molecule has 6 nitrogen and oxygen atoms in total. The molecule has 2 aromatic rings. The summed E-state index contributed by atoms with van der Waals surface area (Å²) in [6.45, 7) is 1.53. The monoisotopic (exact) mass is 397 g/mol. The molecule has 0 unspecified atom stereocenters. The predicted octanol–water partition coefficient (Wildman–Crippen LogP) is 2.96. The van der Waals surface area contributed by atoms with Gasteiger partial charge in [0.15, 0.2) is 0 Å². The van der Waals surface area contributed by atoms with Gasteiger partial charge in [0.25, 0.3) is 5.91 Å². The molecule has 3 atom stereocenters. The van der Waals surface area contributed by atoms with E-state index in [0.29, 0.717) is 25.2 Å². The Morgan fingerprint density at radius 1 is 1.07 bits per heavy atom. The number of carbonyl (C=O) groups excluding carboxylic acids is 2. The van der Waals surface area contributed by atoms with Gasteiger partial charge in [0, 0.05) is 51.1 Å². The molecule has 4 rings (SSSR count). The summed E-state index contributed by atoms with van der Waals surface area (Å²) in [6, 6.07) is 12.3. The summed E-state index contributed by atoms with van der Waals surface area (Å²) in [4.78, 5) is 30.8. The Labute approximate surface area is 169 Å². The van der Waals surface area contributed by atoms with Crippen molar-refractivity contribution in [1.29, 1.82) is 0 Å². The van der Waals surface area contributed by atoms with Crippen LogP contribution in [0.2, 0.25) is 0 Å². The van der Waals surface area contributed by atoms with Crippen LogP contribution >= 0.6 is 0 Å². The topological polar surface area (TPSA) is 64.1 Å². The zero-order valence-electron chi connectivity index (χ0n) is 16.5. The molecular weight excluding hydrogens is 373 g/mol. The molecule has 0 bridgehead atoms. The highest BCUT2D eigenvalue weighted by atomic mass is 19.1. The van der Waals surface area contributed by atoms with E-state index in [1.54, 1.807) is 42.1 Å². The maximum absolute atomic E-state index is 13.9. The maximum Gasteiger partial charge on any atom is 0.320 e. The smallest absolute Gasteiger partial charge is 0.320 e. The number of likely N-dealkylation sites (tertiary alicyclic amines) is 2. The number of urea groups is 1. The number of amides is 3. The fourth-order valence-electron chi connectivity index (χ4n) is 4.60. The Kier molecular flexibility index (Phi) is 4.90. The maximum atomic E-state index is 13.9. The minimum atomic E-state index is -0.339. The molecule has 0 saturated carbocycles. The minimum absolute atomic E-state index is 0.0296. The number of phenols is 1. The average Bonchev–Trinajstić information content (AvgIpc) is 3.24. The number of hydrogen-bond acceptors (Lipinski definition) is 3. The van der Waals surface area contributed by atoms with Crippen LogP contribution in [0, 0.1) is 17.7 Å². The lowest BCUT2D eigenvalue weighted by atomic mass is 9.89. The number of fused-ring (bicyclic) bond motifs is 1. The number of halogens is 1. The normalized spacial score (nSPS) is 23.2. The number of nitrogens with zero attached hydrogens (tertiary/aromatic N) is 3. The lowest BCUT2D eigenvalue weighted by Gasteiger charge is -2.32. The average molecular weight is 397 g/mol. The molecule has 3 amide bonds.